The van der Waals surface area contributed by atoms with Gasteiger partial charge in [-0.3, -0.25) is 0 Å². The van der Waals surface area contributed by atoms with Crippen LogP contribution in [0.25, 0.3) is 11.0 Å². The molecule has 1 aliphatic rings. The van der Waals surface area contributed by atoms with E-state index in [1.165, 1.54) is 17.0 Å². The number of benzene rings is 1. The molecule has 1 fully saturated rings. The van der Waals surface area contributed by atoms with E-state index in [0.717, 1.165) is 5.56 Å². The summed E-state index contributed by atoms with van der Waals surface area (Å²) >= 11 is 5.84. The minimum atomic E-state index is -1.67. The normalized spacial score (nSPS) is 18.8. The molecule has 1 aliphatic heterocycles. The second-order valence-corrected chi connectivity index (χ2v) is 8.26. The van der Waals surface area contributed by atoms with E-state index in [4.69, 9.17) is 11.6 Å². The van der Waals surface area contributed by atoms with Crippen molar-refractivity contribution in [1.82, 2.24) is 15.0 Å². The van der Waals surface area contributed by atoms with E-state index >= 15 is 0 Å². The smallest absolute Gasteiger partial charge is 0.356 e. The molecule has 4 rings (SSSR count). The van der Waals surface area contributed by atoms with Crippen LogP contribution < -0.4 is 10.2 Å². The molecule has 0 spiro atoms. The Balaban J connectivity index is 1.80. The van der Waals surface area contributed by atoms with Gasteiger partial charge in [-0.15, -0.1) is 0 Å². The average molecular weight is 473 g/mol. The van der Waals surface area contributed by atoms with Gasteiger partial charge in [0, 0.05) is 5.56 Å². The van der Waals surface area contributed by atoms with E-state index in [1.807, 2.05) is 19.1 Å². The summed E-state index contributed by atoms with van der Waals surface area (Å²) in [5.74, 6) is -1.12. The van der Waals surface area contributed by atoms with Gasteiger partial charge in [0.2, 0.25) is 0 Å². The standard InChI is InChI=1S/C22H19ClF2N6O2/c1-10-5-12(11(2)27-15-3-4-18(23)29-20(15)22(32)33)19-16(6-10)28-17(7-26)21(30-19)31-8-13(24)14(25)9-31/h3-6,11,13-14,27H,8-9H2,1-2H3,(H,32,33)/t11-,13-,14+/m1/s1. The van der Waals surface area contributed by atoms with Crippen molar-refractivity contribution in [3.63, 3.8) is 0 Å². The second kappa shape index (κ2) is 8.75. The first-order chi connectivity index (χ1) is 15.7. The fourth-order valence-electron chi connectivity index (χ4n) is 3.87. The number of carboxylic acid groups (broad SMARTS) is 1. The predicted molar refractivity (Wildman–Crippen MR) is 119 cm³/mol. The lowest BCUT2D eigenvalue weighted by atomic mass is 10.0. The van der Waals surface area contributed by atoms with Gasteiger partial charge < -0.3 is 15.3 Å². The highest BCUT2D eigenvalue weighted by atomic mass is 35.5. The quantitative estimate of drug-likeness (QED) is 0.530. The molecular formula is C22H19ClF2N6O2. The molecule has 2 N–H and O–H groups in total. The van der Waals surface area contributed by atoms with Crippen LogP contribution in [-0.2, 0) is 0 Å². The van der Waals surface area contributed by atoms with Crippen LogP contribution in [0.2, 0.25) is 5.15 Å². The molecule has 11 heteroatoms. The number of rotatable bonds is 5. The number of alkyl halides is 2. The third-order valence-corrected chi connectivity index (χ3v) is 5.63. The predicted octanol–water partition coefficient (Wildman–Crippen LogP) is 4.23. The van der Waals surface area contributed by atoms with Crippen molar-refractivity contribution in [2.45, 2.75) is 32.2 Å². The number of anilines is 2. The Hall–Kier alpha value is -3.58. The van der Waals surface area contributed by atoms with Crippen LogP contribution in [0, 0.1) is 18.3 Å². The van der Waals surface area contributed by atoms with Crippen LogP contribution in [0.15, 0.2) is 24.3 Å². The maximum atomic E-state index is 13.8. The van der Waals surface area contributed by atoms with Gasteiger partial charge in [-0.1, -0.05) is 17.7 Å². The first-order valence-corrected chi connectivity index (χ1v) is 10.5. The Morgan fingerprint density at radius 2 is 1.97 bits per heavy atom. The molecule has 0 amide bonds. The SMILES string of the molecule is Cc1cc([C@@H](C)Nc2ccc(Cl)nc2C(=O)O)c2nc(N3C[C@@H](F)[C@@H](F)C3)c(C#N)nc2c1. The van der Waals surface area contributed by atoms with Gasteiger partial charge in [0.15, 0.2) is 29.5 Å². The molecule has 8 nitrogen and oxygen atoms in total. The van der Waals surface area contributed by atoms with Crippen molar-refractivity contribution in [2.24, 2.45) is 0 Å². The van der Waals surface area contributed by atoms with Crippen molar-refractivity contribution < 1.29 is 18.7 Å². The van der Waals surface area contributed by atoms with Crippen LogP contribution in [0.1, 0.15) is 40.3 Å². The molecule has 3 atom stereocenters. The van der Waals surface area contributed by atoms with E-state index in [9.17, 15) is 23.9 Å². The number of carboxylic acids is 1. The average Bonchev–Trinajstić information content (AvgIpc) is 3.11. The van der Waals surface area contributed by atoms with Gasteiger partial charge in [0.05, 0.1) is 35.9 Å². The molecule has 1 aromatic carbocycles. The molecule has 1 saturated heterocycles. The first kappa shape index (κ1) is 22.6. The van der Waals surface area contributed by atoms with Gasteiger partial charge in [0.25, 0.3) is 0 Å². The summed E-state index contributed by atoms with van der Waals surface area (Å²) in [7, 11) is 0. The van der Waals surface area contributed by atoms with Crippen LogP contribution in [0.3, 0.4) is 0 Å². The Morgan fingerprint density at radius 3 is 2.61 bits per heavy atom. The number of halogens is 3. The van der Waals surface area contributed by atoms with Crippen LogP contribution in [0.5, 0.6) is 0 Å². The number of aromatic nitrogens is 3. The van der Waals surface area contributed by atoms with E-state index < -0.39 is 24.4 Å². The summed E-state index contributed by atoms with van der Waals surface area (Å²) in [6.45, 7) is 3.22. The molecule has 170 valence electrons. The molecule has 0 aliphatic carbocycles. The highest BCUT2D eigenvalue weighted by molar-refractivity contribution is 6.29. The first-order valence-electron chi connectivity index (χ1n) is 10.1. The Labute approximate surface area is 192 Å². The van der Waals surface area contributed by atoms with Gasteiger partial charge in [-0.25, -0.2) is 28.5 Å². The third kappa shape index (κ3) is 4.36. The summed E-state index contributed by atoms with van der Waals surface area (Å²) in [4.78, 5) is 25.8. The van der Waals surface area contributed by atoms with Crippen molar-refractivity contribution >= 4 is 40.1 Å². The lowest BCUT2D eigenvalue weighted by Gasteiger charge is -2.21. The highest BCUT2D eigenvalue weighted by Crippen LogP contribution is 2.32. The molecule has 3 aromatic rings. The maximum Gasteiger partial charge on any atom is 0.356 e. The monoisotopic (exact) mass is 472 g/mol. The fraction of sp³-hybridized carbons (Fsp3) is 0.318. The Bertz CT molecular complexity index is 1290. The number of fused-ring (bicyclic) bond motifs is 1. The number of hydrogen-bond acceptors (Lipinski definition) is 7. The topological polar surface area (TPSA) is 115 Å². The number of hydrogen-bond donors (Lipinski definition) is 2. The molecule has 3 heterocycles. The summed E-state index contributed by atoms with van der Waals surface area (Å²) in [6, 6.07) is 8.12. The number of nitriles is 1. The van der Waals surface area contributed by atoms with E-state index in [-0.39, 0.29) is 41.1 Å². The zero-order valence-electron chi connectivity index (χ0n) is 17.7. The Morgan fingerprint density at radius 1 is 1.27 bits per heavy atom. The molecular weight excluding hydrogens is 454 g/mol. The summed E-state index contributed by atoms with van der Waals surface area (Å²) in [6.07, 6.45) is -3.34. The van der Waals surface area contributed by atoms with Gasteiger partial charge >= 0.3 is 5.97 Å². The number of nitrogens with zero attached hydrogens (tertiary/aromatic N) is 5. The van der Waals surface area contributed by atoms with Gasteiger partial charge in [0.1, 0.15) is 11.2 Å². The number of nitrogens with one attached hydrogen (secondary N) is 1. The van der Waals surface area contributed by atoms with Crippen molar-refractivity contribution in [3.05, 3.63) is 51.9 Å². The third-order valence-electron chi connectivity index (χ3n) is 5.42. The van der Waals surface area contributed by atoms with E-state index in [2.05, 4.69) is 20.3 Å². The van der Waals surface area contributed by atoms with E-state index in [1.54, 1.807) is 13.0 Å². The second-order valence-electron chi connectivity index (χ2n) is 7.87. The molecule has 0 unspecified atom stereocenters. The lowest BCUT2D eigenvalue weighted by molar-refractivity contribution is 0.0691. The van der Waals surface area contributed by atoms with Crippen molar-refractivity contribution in [3.8, 4) is 6.07 Å². The summed E-state index contributed by atoms with van der Waals surface area (Å²) in [5.41, 5.74) is 2.41. The largest absolute Gasteiger partial charge is 0.476 e. The minimum Gasteiger partial charge on any atom is -0.476 e. The summed E-state index contributed by atoms with van der Waals surface area (Å²) < 4.78 is 27.6. The highest BCUT2D eigenvalue weighted by Gasteiger charge is 2.35. The molecule has 33 heavy (non-hydrogen) atoms. The van der Waals surface area contributed by atoms with Crippen LogP contribution in [0.4, 0.5) is 20.3 Å². The van der Waals surface area contributed by atoms with Crippen molar-refractivity contribution in [2.75, 3.05) is 23.3 Å². The van der Waals surface area contributed by atoms with Crippen molar-refractivity contribution in [1.29, 1.82) is 5.26 Å². The van der Waals surface area contributed by atoms with E-state index in [0.29, 0.717) is 16.6 Å². The molecule has 0 radical (unpaired) electrons. The zero-order valence-corrected chi connectivity index (χ0v) is 18.4. The zero-order chi connectivity index (χ0) is 23.9. The lowest BCUT2D eigenvalue weighted by Crippen LogP contribution is -2.23. The Kier molecular flexibility index (Phi) is 5.99. The molecule has 2 aromatic heterocycles. The number of aromatic carboxylic acids is 1. The fourth-order valence-corrected chi connectivity index (χ4v) is 4.02. The molecule has 0 bridgehead atoms. The number of aryl methyl sites for hydroxylation is 1. The number of pyridine rings is 1. The van der Waals surface area contributed by atoms with Gasteiger partial charge in [-0.05, 0) is 37.6 Å². The summed E-state index contributed by atoms with van der Waals surface area (Å²) in [5, 5.41) is 22.2. The van der Waals surface area contributed by atoms with Crippen LogP contribution >= 0.6 is 11.6 Å². The van der Waals surface area contributed by atoms with Crippen LogP contribution in [-0.4, -0.2) is 51.5 Å². The minimum absolute atomic E-state index is 0.0176. The maximum absolute atomic E-state index is 13.8. The number of carbonyl (C=O) groups is 1. The molecule has 0 saturated carbocycles. The van der Waals surface area contributed by atoms with Gasteiger partial charge in [-0.2, -0.15) is 5.26 Å².